The Morgan fingerprint density at radius 1 is 1.40 bits per heavy atom. The standard InChI is InChI=1S/C18H18N4O2S/c23-13-4-7-22(11-13)18(24)17-14-8-16(25-15(14)3-6-20-17)21-10-12-2-1-5-19-9-12/h1-3,5-6,8-9,13,21,23H,4,7,10-11H2/t13-/m1/s1. The fourth-order valence-electron chi connectivity index (χ4n) is 2.99. The molecule has 6 nitrogen and oxygen atoms in total. The van der Waals surface area contributed by atoms with Crippen LogP contribution in [0.4, 0.5) is 5.00 Å². The third-order valence-corrected chi connectivity index (χ3v) is 5.35. The fourth-order valence-corrected chi connectivity index (χ4v) is 3.94. The highest BCUT2D eigenvalue weighted by atomic mass is 32.1. The van der Waals surface area contributed by atoms with E-state index in [2.05, 4.69) is 15.3 Å². The maximum atomic E-state index is 12.7. The SMILES string of the molecule is O=C(c1nccc2sc(NCc3cccnc3)cc12)N1CC[C@@H](O)C1. The van der Waals surface area contributed by atoms with Crippen LogP contribution in [0.5, 0.6) is 0 Å². The number of carbonyl (C=O) groups is 1. The van der Waals surface area contributed by atoms with Gasteiger partial charge < -0.3 is 15.3 Å². The molecule has 1 atom stereocenters. The monoisotopic (exact) mass is 354 g/mol. The molecule has 25 heavy (non-hydrogen) atoms. The normalized spacial score (nSPS) is 17.2. The molecule has 3 aromatic heterocycles. The van der Waals surface area contributed by atoms with Gasteiger partial charge in [0.05, 0.1) is 11.1 Å². The van der Waals surface area contributed by atoms with Gasteiger partial charge in [0, 0.05) is 48.3 Å². The Morgan fingerprint density at radius 3 is 3.08 bits per heavy atom. The molecule has 0 radical (unpaired) electrons. The van der Waals surface area contributed by atoms with E-state index in [1.165, 1.54) is 0 Å². The number of carbonyl (C=O) groups excluding carboxylic acids is 1. The molecule has 128 valence electrons. The Kier molecular flexibility index (Phi) is 4.33. The van der Waals surface area contributed by atoms with Gasteiger partial charge in [-0.1, -0.05) is 6.07 Å². The Morgan fingerprint density at radius 2 is 2.32 bits per heavy atom. The summed E-state index contributed by atoms with van der Waals surface area (Å²) < 4.78 is 1.02. The fraction of sp³-hybridized carbons (Fsp3) is 0.278. The summed E-state index contributed by atoms with van der Waals surface area (Å²) in [6, 6.07) is 7.82. The molecule has 0 saturated carbocycles. The lowest BCUT2D eigenvalue weighted by Crippen LogP contribution is -2.30. The number of anilines is 1. The first-order valence-electron chi connectivity index (χ1n) is 8.19. The molecule has 0 aliphatic carbocycles. The van der Waals surface area contributed by atoms with Crippen molar-refractivity contribution in [2.24, 2.45) is 0 Å². The van der Waals surface area contributed by atoms with Crippen molar-refractivity contribution in [3.63, 3.8) is 0 Å². The second kappa shape index (κ2) is 6.78. The van der Waals surface area contributed by atoms with E-state index >= 15 is 0 Å². The van der Waals surface area contributed by atoms with Gasteiger partial charge >= 0.3 is 0 Å². The zero-order chi connectivity index (χ0) is 17.2. The van der Waals surface area contributed by atoms with Crippen LogP contribution in [-0.4, -0.2) is 45.1 Å². The van der Waals surface area contributed by atoms with Gasteiger partial charge in [-0.25, -0.2) is 0 Å². The number of β-amino-alcohol motifs (C(OH)–C–C–N with tert-alkyl or cyclic N) is 1. The van der Waals surface area contributed by atoms with Gasteiger partial charge in [0.2, 0.25) is 0 Å². The van der Waals surface area contributed by atoms with Gasteiger partial charge in [0.15, 0.2) is 0 Å². The molecule has 3 aromatic rings. The summed E-state index contributed by atoms with van der Waals surface area (Å²) in [5, 5.41) is 14.9. The average molecular weight is 354 g/mol. The number of fused-ring (bicyclic) bond motifs is 1. The number of pyridine rings is 2. The van der Waals surface area contributed by atoms with Crippen molar-refractivity contribution in [3.05, 3.63) is 54.1 Å². The highest BCUT2D eigenvalue weighted by Crippen LogP contribution is 2.32. The number of aliphatic hydroxyl groups is 1. The molecule has 1 aliphatic rings. The molecule has 2 N–H and O–H groups in total. The van der Waals surface area contributed by atoms with Crippen LogP contribution >= 0.6 is 11.3 Å². The molecule has 0 spiro atoms. The molecule has 1 fully saturated rings. The van der Waals surface area contributed by atoms with Gasteiger partial charge in [0.25, 0.3) is 5.91 Å². The number of rotatable bonds is 4. The molecule has 4 heterocycles. The van der Waals surface area contributed by atoms with Crippen molar-refractivity contribution in [3.8, 4) is 0 Å². The van der Waals surface area contributed by atoms with Crippen LogP contribution in [0.3, 0.4) is 0 Å². The summed E-state index contributed by atoms with van der Waals surface area (Å²) in [6.07, 6.45) is 5.45. The topological polar surface area (TPSA) is 78.4 Å². The van der Waals surface area contributed by atoms with Gasteiger partial charge in [-0.15, -0.1) is 11.3 Å². The highest BCUT2D eigenvalue weighted by molar-refractivity contribution is 7.22. The zero-order valence-electron chi connectivity index (χ0n) is 13.6. The summed E-state index contributed by atoms with van der Waals surface area (Å²) in [7, 11) is 0. The third kappa shape index (κ3) is 3.33. The van der Waals surface area contributed by atoms with E-state index in [9.17, 15) is 9.90 Å². The number of aliphatic hydroxyl groups excluding tert-OH is 1. The van der Waals surface area contributed by atoms with E-state index in [1.807, 2.05) is 30.5 Å². The minimum absolute atomic E-state index is 0.112. The Balaban J connectivity index is 1.57. The zero-order valence-corrected chi connectivity index (χ0v) is 14.4. The highest BCUT2D eigenvalue weighted by Gasteiger charge is 2.27. The number of hydrogen-bond acceptors (Lipinski definition) is 6. The predicted octanol–water partition coefficient (Wildman–Crippen LogP) is 2.51. The second-order valence-corrected chi connectivity index (χ2v) is 7.17. The Bertz CT molecular complexity index is 896. The lowest BCUT2D eigenvalue weighted by atomic mass is 10.2. The van der Waals surface area contributed by atoms with Gasteiger partial charge in [-0.2, -0.15) is 0 Å². The van der Waals surface area contributed by atoms with Crippen LogP contribution in [0, 0.1) is 0 Å². The molecular formula is C18H18N4O2S. The summed E-state index contributed by atoms with van der Waals surface area (Å²) in [5.41, 5.74) is 1.55. The molecule has 1 amide bonds. The summed E-state index contributed by atoms with van der Waals surface area (Å²) >= 11 is 1.60. The Labute approximate surface area is 149 Å². The molecule has 1 aliphatic heterocycles. The molecule has 0 aromatic carbocycles. The smallest absolute Gasteiger partial charge is 0.273 e. The van der Waals surface area contributed by atoms with Crippen molar-refractivity contribution in [1.29, 1.82) is 0 Å². The van der Waals surface area contributed by atoms with Crippen LogP contribution in [0.1, 0.15) is 22.5 Å². The maximum absolute atomic E-state index is 12.7. The molecule has 0 unspecified atom stereocenters. The van der Waals surface area contributed by atoms with Crippen LogP contribution in [0.25, 0.3) is 10.1 Å². The molecule has 1 saturated heterocycles. The van der Waals surface area contributed by atoms with Crippen molar-refractivity contribution in [1.82, 2.24) is 14.9 Å². The quantitative estimate of drug-likeness (QED) is 0.753. The van der Waals surface area contributed by atoms with E-state index in [-0.39, 0.29) is 5.91 Å². The first-order chi connectivity index (χ1) is 12.2. The van der Waals surface area contributed by atoms with Crippen LogP contribution in [-0.2, 0) is 6.54 Å². The Hall–Kier alpha value is -2.51. The first kappa shape index (κ1) is 16.0. The van der Waals surface area contributed by atoms with Crippen LogP contribution in [0.2, 0.25) is 0 Å². The minimum atomic E-state index is -0.428. The predicted molar refractivity (Wildman–Crippen MR) is 97.7 cm³/mol. The largest absolute Gasteiger partial charge is 0.391 e. The lowest BCUT2D eigenvalue weighted by Gasteiger charge is -2.15. The number of nitrogens with one attached hydrogen (secondary N) is 1. The van der Waals surface area contributed by atoms with Crippen molar-refractivity contribution in [2.75, 3.05) is 18.4 Å². The van der Waals surface area contributed by atoms with E-state index in [1.54, 1.807) is 28.6 Å². The average Bonchev–Trinajstić information content (AvgIpc) is 3.26. The molecular weight excluding hydrogens is 336 g/mol. The second-order valence-electron chi connectivity index (χ2n) is 6.09. The van der Waals surface area contributed by atoms with E-state index < -0.39 is 6.10 Å². The molecule has 0 bridgehead atoms. The van der Waals surface area contributed by atoms with Crippen LogP contribution < -0.4 is 5.32 Å². The summed E-state index contributed by atoms with van der Waals surface area (Å²) in [4.78, 5) is 22.8. The first-order valence-corrected chi connectivity index (χ1v) is 9.01. The maximum Gasteiger partial charge on any atom is 0.273 e. The summed E-state index contributed by atoms with van der Waals surface area (Å²) in [6.45, 7) is 1.64. The minimum Gasteiger partial charge on any atom is -0.391 e. The number of thiophene rings is 1. The van der Waals surface area contributed by atoms with E-state index in [0.717, 1.165) is 20.7 Å². The van der Waals surface area contributed by atoms with E-state index in [4.69, 9.17) is 0 Å². The number of amides is 1. The molecule has 4 rings (SSSR count). The number of hydrogen-bond donors (Lipinski definition) is 2. The van der Waals surface area contributed by atoms with Crippen molar-refractivity contribution >= 4 is 32.3 Å². The molecule has 7 heteroatoms. The number of aromatic nitrogens is 2. The van der Waals surface area contributed by atoms with Gasteiger partial charge in [-0.05, 0) is 30.2 Å². The third-order valence-electron chi connectivity index (χ3n) is 4.29. The number of nitrogens with zero attached hydrogens (tertiary/aromatic N) is 3. The van der Waals surface area contributed by atoms with Crippen molar-refractivity contribution < 1.29 is 9.90 Å². The van der Waals surface area contributed by atoms with Crippen LogP contribution in [0.15, 0.2) is 42.9 Å². The van der Waals surface area contributed by atoms with Crippen molar-refractivity contribution in [2.45, 2.75) is 19.1 Å². The van der Waals surface area contributed by atoms with Gasteiger partial charge in [0.1, 0.15) is 5.69 Å². The lowest BCUT2D eigenvalue weighted by molar-refractivity contribution is 0.0761. The number of likely N-dealkylation sites (tertiary alicyclic amines) is 1. The summed E-state index contributed by atoms with van der Waals surface area (Å²) in [5.74, 6) is -0.112. The van der Waals surface area contributed by atoms with Gasteiger partial charge in [-0.3, -0.25) is 14.8 Å². The van der Waals surface area contributed by atoms with E-state index in [0.29, 0.717) is 31.7 Å².